The minimum atomic E-state index is -0.211. The molecule has 2 amide bonds. The van der Waals surface area contributed by atoms with E-state index in [0.717, 1.165) is 33.8 Å². The highest BCUT2D eigenvalue weighted by Gasteiger charge is 2.15. The SMILES string of the molecule is Cc1cc(NC(=O)CN(C)CC(=O)Nc2cccc(C)c2C)n(-c2ccccc2C)n1. The Kier molecular flexibility index (Phi) is 6.87. The predicted molar refractivity (Wildman–Crippen MR) is 124 cm³/mol. The average Bonchev–Trinajstić information content (AvgIpc) is 3.05. The lowest BCUT2D eigenvalue weighted by Gasteiger charge is -2.17. The molecule has 0 saturated carbocycles. The van der Waals surface area contributed by atoms with Crippen molar-refractivity contribution in [2.45, 2.75) is 27.7 Å². The molecule has 0 atom stereocenters. The average molecular weight is 420 g/mol. The second kappa shape index (κ2) is 9.57. The van der Waals surface area contributed by atoms with Crippen molar-refractivity contribution in [1.82, 2.24) is 14.7 Å². The summed E-state index contributed by atoms with van der Waals surface area (Å²) < 4.78 is 1.73. The van der Waals surface area contributed by atoms with Crippen LogP contribution >= 0.6 is 0 Å². The van der Waals surface area contributed by atoms with Crippen LogP contribution in [0.25, 0.3) is 5.69 Å². The molecule has 0 unspecified atom stereocenters. The van der Waals surface area contributed by atoms with Crippen LogP contribution in [0.5, 0.6) is 0 Å². The number of nitrogens with one attached hydrogen (secondary N) is 2. The third-order valence-corrected chi connectivity index (χ3v) is 5.15. The zero-order valence-electron chi connectivity index (χ0n) is 18.7. The molecule has 2 N–H and O–H groups in total. The van der Waals surface area contributed by atoms with Crippen LogP contribution in [0, 0.1) is 27.7 Å². The number of aromatic nitrogens is 2. The van der Waals surface area contributed by atoms with Gasteiger partial charge in [-0.1, -0.05) is 30.3 Å². The summed E-state index contributed by atoms with van der Waals surface area (Å²) in [7, 11) is 1.74. The number of benzene rings is 2. The number of para-hydroxylation sites is 1. The van der Waals surface area contributed by atoms with Crippen molar-refractivity contribution in [2.24, 2.45) is 0 Å². The smallest absolute Gasteiger partial charge is 0.239 e. The normalized spacial score (nSPS) is 10.9. The number of hydrogen-bond acceptors (Lipinski definition) is 4. The Balaban J connectivity index is 1.60. The monoisotopic (exact) mass is 419 g/mol. The Hall–Kier alpha value is -3.45. The fourth-order valence-corrected chi connectivity index (χ4v) is 3.38. The molecule has 2 aromatic carbocycles. The van der Waals surface area contributed by atoms with Gasteiger partial charge in [-0.05, 0) is 63.6 Å². The molecule has 7 nitrogen and oxygen atoms in total. The summed E-state index contributed by atoms with van der Waals surface area (Å²) in [6.07, 6.45) is 0. The van der Waals surface area contributed by atoms with Gasteiger partial charge in [0.1, 0.15) is 5.82 Å². The number of carbonyl (C=O) groups is 2. The molecule has 1 aromatic heterocycles. The second-order valence-electron chi connectivity index (χ2n) is 7.89. The predicted octanol–water partition coefficient (Wildman–Crippen LogP) is 3.61. The molecule has 0 aliphatic carbocycles. The van der Waals surface area contributed by atoms with Gasteiger partial charge in [0.05, 0.1) is 24.5 Å². The molecule has 31 heavy (non-hydrogen) atoms. The van der Waals surface area contributed by atoms with E-state index in [1.54, 1.807) is 16.6 Å². The molecule has 0 aliphatic rings. The number of amides is 2. The molecule has 0 fully saturated rings. The maximum atomic E-state index is 12.6. The molecule has 0 saturated heterocycles. The van der Waals surface area contributed by atoms with Gasteiger partial charge in [0.15, 0.2) is 0 Å². The van der Waals surface area contributed by atoms with E-state index in [0.29, 0.717) is 5.82 Å². The lowest BCUT2D eigenvalue weighted by atomic mass is 10.1. The highest BCUT2D eigenvalue weighted by Crippen LogP contribution is 2.20. The Morgan fingerprint density at radius 3 is 2.26 bits per heavy atom. The maximum absolute atomic E-state index is 12.6. The largest absolute Gasteiger partial charge is 0.325 e. The molecule has 0 radical (unpaired) electrons. The molecule has 0 spiro atoms. The Labute approximate surface area is 183 Å². The van der Waals surface area contributed by atoms with Crippen molar-refractivity contribution in [3.63, 3.8) is 0 Å². The Bertz CT molecular complexity index is 1100. The van der Waals surface area contributed by atoms with Gasteiger partial charge in [-0.25, -0.2) is 4.68 Å². The minimum Gasteiger partial charge on any atom is -0.325 e. The maximum Gasteiger partial charge on any atom is 0.239 e. The van der Waals surface area contributed by atoms with Crippen molar-refractivity contribution in [3.05, 3.63) is 70.9 Å². The van der Waals surface area contributed by atoms with E-state index in [1.807, 2.05) is 76.2 Å². The number of likely N-dealkylation sites (N-methyl/N-ethyl adjacent to an activating group) is 1. The van der Waals surface area contributed by atoms with E-state index in [4.69, 9.17) is 0 Å². The van der Waals surface area contributed by atoms with Gasteiger partial charge in [0.2, 0.25) is 11.8 Å². The van der Waals surface area contributed by atoms with E-state index >= 15 is 0 Å². The van der Waals surface area contributed by atoms with E-state index < -0.39 is 0 Å². The van der Waals surface area contributed by atoms with E-state index in [9.17, 15) is 9.59 Å². The molecule has 162 valence electrons. The van der Waals surface area contributed by atoms with Crippen molar-refractivity contribution < 1.29 is 9.59 Å². The molecule has 1 heterocycles. The number of carbonyl (C=O) groups excluding carboxylic acids is 2. The number of hydrogen-bond donors (Lipinski definition) is 2. The van der Waals surface area contributed by atoms with Gasteiger partial charge in [-0.2, -0.15) is 5.10 Å². The summed E-state index contributed by atoms with van der Waals surface area (Å²) in [5.41, 5.74) is 5.72. The fraction of sp³-hybridized carbons (Fsp3) is 0.292. The molecule has 3 rings (SSSR count). The van der Waals surface area contributed by atoms with E-state index in [2.05, 4.69) is 15.7 Å². The Morgan fingerprint density at radius 2 is 1.55 bits per heavy atom. The first-order chi connectivity index (χ1) is 14.7. The van der Waals surface area contributed by atoms with Crippen LogP contribution in [0.4, 0.5) is 11.5 Å². The molecular weight excluding hydrogens is 390 g/mol. The van der Waals surface area contributed by atoms with Crippen LogP contribution in [0.2, 0.25) is 0 Å². The third-order valence-electron chi connectivity index (χ3n) is 5.15. The summed E-state index contributed by atoms with van der Waals surface area (Å²) in [6.45, 7) is 8.05. The fourth-order valence-electron chi connectivity index (χ4n) is 3.38. The van der Waals surface area contributed by atoms with Crippen molar-refractivity contribution in [1.29, 1.82) is 0 Å². The summed E-state index contributed by atoms with van der Waals surface area (Å²) in [5, 5.41) is 10.3. The number of nitrogens with zero attached hydrogens (tertiary/aromatic N) is 3. The van der Waals surface area contributed by atoms with Gasteiger partial charge in [0.25, 0.3) is 0 Å². The lowest BCUT2D eigenvalue weighted by molar-refractivity contribution is -0.119. The number of anilines is 2. The lowest BCUT2D eigenvalue weighted by Crippen LogP contribution is -2.36. The standard InChI is InChI=1S/C24H29N5O2/c1-16-10-8-11-20(19(16)4)25-23(30)14-28(5)15-24(31)26-22-13-18(3)27-29(22)21-12-7-6-9-17(21)2/h6-13H,14-15H2,1-5H3,(H,25,30)(H,26,31). The van der Waals surface area contributed by atoms with Crippen LogP contribution in [-0.2, 0) is 9.59 Å². The molecule has 7 heteroatoms. The van der Waals surface area contributed by atoms with Crippen LogP contribution in [0.3, 0.4) is 0 Å². The summed E-state index contributed by atoms with van der Waals surface area (Å²) in [4.78, 5) is 26.7. The molecule has 3 aromatic rings. The topological polar surface area (TPSA) is 79.3 Å². The van der Waals surface area contributed by atoms with Crippen LogP contribution in [-0.4, -0.2) is 46.6 Å². The quantitative estimate of drug-likeness (QED) is 0.613. The van der Waals surface area contributed by atoms with Crippen molar-refractivity contribution in [2.75, 3.05) is 30.8 Å². The summed E-state index contributed by atoms with van der Waals surface area (Å²) in [5.74, 6) is 0.228. The number of rotatable bonds is 7. The van der Waals surface area contributed by atoms with Crippen molar-refractivity contribution >= 4 is 23.3 Å². The van der Waals surface area contributed by atoms with Crippen LogP contribution in [0.1, 0.15) is 22.4 Å². The highest BCUT2D eigenvalue weighted by molar-refractivity contribution is 5.95. The van der Waals surface area contributed by atoms with Gasteiger partial charge in [-0.3, -0.25) is 14.5 Å². The van der Waals surface area contributed by atoms with Crippen LogP contribution in [0.15, 0.2) is 48.5 Å². The number of aryl methyl sites for hydroxylation is 3. The first-order valence-electron chi connectivity index (χ1n) is 10.2. The van der Waals surface area contributed by atoms with E-state index in [1.165, 1.54) is 0 Å². The summed E-state index contributed by atoms with van der Waals surface area (Å²) >= 11 is 0. The first kappa shape index (κ1) is 22.2. The molecular formula is C24H29N5O2. The van der Waals surface area contributed by atoms with Gasteiger partial charge >= 0.3 is 0 Å². The second-order valence-corrected chi connectivity index (χ2v) is 7.89. The Morgan fingerprint density at radius 1 is 0.903 bits per heavy atom. The van der Waals surface area contributed by atoms with Gasteiger partial charge in [-0.15, -0.1) is 0 Å². The minimum absolute atomic E-state index is 0.0816. The third kappa shape index (κ3) is 5.58. The van der Waals surface area contributed by atoms with E-state index in [-0.39, 0.29) is 24.9 Å². The highest BCUT2D eigenvalue weighted by atomic mass is 16.2. The van der Waals surface area contributed by atoms with Crippen molar-refractivity contribution in [3.8, 4) is 5.69 Å². The van der Waals surface area contributed by atoms with Gasteiger partial charge in [0, 0.05) is 11.8 Å². The summed E-state index contributed by atoms with van der Waals surface area (Å²) in [6, 6.07) is 15.5. The first-order valence-corrected chi connectivity index (χ1v) is 10.2. The molecule has 0 bridgehead atoms. The molecule has 0 aliphatic heterocycles. The van der Waals surface area contributed by atoms with Crippen LogP contribution < -0.4 is 10.6 Å². The zero-order chi connectivity index (χ0) is 22.5. The van der Waals surface area contributed by atoms with Gasteiger partial charge < -0.3 is 10.6 Å². The zero-order valence-corrected chi connectivity index (χ0v) is 18.7.